The number of nitrogens with zero attached hydrogens (tertiary/aromatic N) is 1. The number of hydroxylamine groups is 2. The van der Waals surface area contributed by atoms with E-state index in [1.807, 2.05) is 36.4 Å². The van der Waals surface area contributed by atoms with E-state index in [0.717, 1.165) is 23.6 Å². The summed E-state index contributed by atoms with van der Waals surface area (Å²) in [4.78, 5) is 17.8. The molecule has 1 heterocycles. The van der Waals surface area contributed by atoms with E-state index in [1.165, 1.54) is 5.06 Å². The van der Waals surface area contributed by atoms with Crippen LogP contribution in [0, 0.1) is 0 Å². The topological polar surface area (TPSA) is 55.6 Å². The van der Waals surface area contributed by atoms with Crippen LogP contribution < -0.4 is 5.73 Å². The van der Waals surface area contributed by atoms with Crippen molar-refractivity contribution in [2.45, 2.75) is 12.8 Å². The number of hydrogen-bond donors (Lipinski definition) is 1. The van der Waals surface area contributed by atoms with Crippen LogP contribution in [0.2, 0.25) is 0 Å². The molecule has 4 heteroatoms. The van der Waals surface area contributed by atoms with Crippen molar-refractivity contribution >= 4 is 22.4 Å². The average molecular weight is 256 g/mol. The quantitative estimate of drug-likeness (QED) is 0.798. The highest BCUT2D eigenvalue weighted by Crippen LogP contribution is 2.24. The normalized spacial score (nSPS) is 15.7. The highest BCUT2D eigenvalue weighted by Gasteiger charge is 2.21. The zero-order valence-electron chi connectivity index (χ0n) is 10.6. The summed E-state index contributed by atoms with van der Waals surface area (Å²) in [5, 5.41) is 3.47. The molecule has 2 aromatic rings. The van der Waals surface area contributed by atoms with Crippen LogP contribution in [-0.2, 0) is 4.84 Å². The number of anilines is 1. The lowest BCUT2D eigenvalue weighted by molar-refractivity contribution is -0.144. The molecule has 2 N–H and O–H groups in total. The Labute approximate surface area is 111 Å². The molecule has 98 valence electrons. The molecule has 2 aromatic carbocycles. The Morgan fingerprint density at radius 1 is 1.16 bits per heavy atom. The first kappa shape index (κ1) is 12.0. The van der Waals surface area contributed by atoms with Crippen molar-refractivity contribution < 1.29 is 9.63 Å². The fraction of sp³-hybridized carbons (Fsp3) is 0.267. The minimum absolute atomic E-state index is 0.150. The van der Waals surface area contributed by atoms with Gasteiger partial charge in [0.05, 0.1) is 12.2 Å². The number of fused-ring (bicyclic) bond motifs is 1. The molecule has 1 amide bonds. The average Bonchev–Trinajstić information content (AvgIpc) is 2.47. The molecular formula is C15H16N2O2. The summed E-state index contributed by atoms with van der Waals surface area (Å²) in [7, 11) is 0. The second-order valence-electron chi connectivity index (χ2n) is 4.73. The highest BCUT2D eigenvalue weighted by atomic mass is 16.7. The highest BCUT2D eigenvalue weighted by molar-refractivity contribution is 6.03. The molecule has 1 saturated heterocycles. The number of nitrogen functional groups attached to an aromatic ring is 1. The Bertz CT molecular complexity index is 619. The van der Waals surface area contributed by atoms with E-state index in [1.54, 1.807) is 0 Å². The third-order valence-electron chi connectivity index (χ3n) is 3.38. The summed E-state index contributed by atoms with van der Waals surface area (Å²) in [6.07, 6.45) is 1.97. The van der Waals surface area contributed by atoms with E-state index in [0.29, 0.717) is 24.4 Å². The predicted octanol–water partition coefficient (Wildman–Crippen LogP) is 2.59. The Hall–Kier alpha value is -2.07. The van der Waals surface area contributed by atoms with Crippen LogP contribution in [-0.4, -0.2) is 24.1 Å². The lowest BCUT2D eigenvalue weighted by Crippen LogP contribution is -2.36. The maximum absolute atomic E-state index is 12.4. The van der Waals surface area contributed by atoms with Gasteiger partial charge in [-0.15, -0.1) is 0 Å². The number of nitrogens with two attached hydrogens (primary N) is 1. The van der Waals surface area contributed by atoms with Gasteiger partial charge in [0.2, 0.25) is 0 Å². The second-order valence-corrected chi connectivity index (χ2v) is 4.73. The predicted molar refractivity (Wildman–Crippen MR) is 74.6 cm³/mol. The molecule has 0 aromatic heterocycles. The minimum Gasteiger partial charge on any atom is -0.398 e. The third-order valence-corrected chi connectivity index (χ3v) is 3.38. The van der Waals surface area contributed by atoms with Crippen LogP contribution in [0.4, 0.5) is 5.69 Å². The molecule has 0 bridgehead atoms. The van der Waals surface area contributed by atoms with Crippen molar-refractivity contribution in [2.24, 2.45) is 0 Å². The summed E-state index contributed by atoms with van der Waals surface area (Å²) in [6.45, 7) is 1.23. The third kappa shape index (κ3) is 2.27. The molecule has 0 unspecified atom stereocenters. The van der Waals surface area contributed by atoms with Gasteiger partial charge >= 0.3 is 0 Å². The lowest BCUT2D eigenvalue weighted by Gasteiger charge is -2.26. The van der Waals surface area contributed by atoms with Crippen LogP contribution in [0.1, 0.15) is 23.2 Å². The van der Waals surface area contributed by atoms with E-state index in [2.05, 4.69) is 0 Å². The maximum Gasteiger partial charge on any atom is 0.279 e. The molecule has 1 fully saturated rings. The van der Waals surface area contributed by atoms with E-state index < -0.39 is 0 Å². The number of benzene rings is 2. The van der Waals surface area contributed by atoms with Crippen LogP contribution in [0.5, 0.6) is 0 Å². The Morgan fingerprint density at radius 2 is 1.89 bits per heavy atom. The Kier molecular flexibility index (Phi) is 3.09. The first-order valence-corrected chi connectivity index (χ1v) is 6.49. The molecule has 0 atom stereocenters. The molecular weight excluding hydrogens is 240 g/mol. The number of carbonyl (C=O) groups is 1. The van der Waals surface area contributed by atoms with Gasteiger partial charge in [-0.3, -0.25) is 9.63 Å². The summed E-state index contributed by atoms with van der Waals surface area (Å²) in [5.41, 5.74) is 7.00. The fourth-order valence-electron chi connectivity index (χ4n) is 2.33. The van der Waals surface area contributed by atoms with Gasteiger partial charge in [0.25, 0.3) is 5.91 Å². The van der Waals surface area contributed by atoms with Gasteiger partial charge in [0, 0.05) is 12.2 Å². The van der Waals surface area contributed by atoms with E-state index in [9.17, 15) is 4.79 Å². The van der Waals surface area contributed by atoms with Crippen LogP contribution >= 0.6 is 0 Å². The molecule has 4 nitrogen and oxygen atoms in total. The SMILES string of the molecule is Nc1cc2ccccc2cc1C(=O)N1CCCCO1. The zero-order chi connectivity index (χ0) is 13.2. The Morgan fingerprint density at radius 3 is 2.58 bits per heavy atom. The maximum atomic E-state index is 12.4. The van der Waals surface area contributed by atoms with Gasteiger partial charge < -0.3 is 5.73 Å². The minimum atomic E-state index is -0.150. The summed E-state index contributed by atoms with van der Waals surface area (Å²) in [5.74, 6) is -0.150. The van der Waals surface area contributed by atoms with Crippen molar-refractivity contribution in [3.63, 3.8) is 0 Å². The first-order valence-electron chi connectivity index (χ1n) is 6.49. The fourth-order valence-corrected chi connectivity index (χ4v) is 2.33. The molecule has 19 heavy (non-hydrogen) atoms. The molecule has 1 aliphatic rings. The van der Waals surface area contributed by atoms with Crippen LogP contribution in [0.3, 0.4) is 0 Å². The molecule has 0 radical (unpaired) electrons. The van der Waals surface area contributed by atoms with Crippen LogP contribution in [0.15, 0.2) is 36.4 Å². The summed E-state index contributed by atoms with van der Waals surface area (Å²) >= 11 is 0. The van der Waals surface area contributed by atoms with E-state index >= 15 is 0 Å². The smallest absolute Gasteiger partial charge is 0.279 e. The van der Waals surface area contributed by atoms with Gasteiger partial charge in [-0.25, -0.2) is 5.06 Å². The second kappa shape index (κ2) is 4.90. The standard InChI is InChI=1S/C15H16N2O2/c16-14-10-12-6-2-1-5-11(12)9-13(14)15(18)17-7-3-4-8-19-17/h1-2,5-6,9-10H,3-4,7-8,16H2. The lowest BCUT2D eigenvalue weighted by atomic mass is 10.0. The molecule has 0 aliphatic carbocycles. The van der Waals surface area contributed by atoms with E-state index in [-0.39, 0.29) is 5.91 Å². The summed E-state index contributed by atoms with van der Waals surface area (Å²) in [6, 6.07) is 11.5. The number of rotatable bonds is 1. The summed E-state index contributed by atoms with van der Waals surface area (Å²) < 4.78 is 0. The number of hydrogen-bond acceptors (Lipinski definition) is 3. The van der Waals surface area contributed by atoms with Crippen LogP contribution in [0.25, 0.3) is 10.8 Å². The van der Waals surface area contributed by atoms with Gasteiger partial charge in [-0.2, -0.15) is 0 Å². The van der Waals surface area contributed by atoms with Crippen molar-refractivity contribution in [2.75, 3.05) is 18.9 Å². The molecule has 3 rings (SSSR count). The largest absolute Gasteiger partial charge is 0.398 e. The van der Waals surface area contributed by atoms with Crippen molar-refractivity contribution in [3.05, 3.63) is 42.0 Å². The monoisotopic (exact) mass is 256 g/mol. The van der Waals surface area contributed by atoms with E-state index in [4.69, 9.17) is 10.6 Å². The Balaban J connectivity index is 1.99. The van der Waals surface area contributed by atoms with Crippen molar-refractivity contribution in [1.82, 2.24) is 5.06 Å². The van der Waals surface area contributed by atoms with Crippen molar-refractivity contribution in [1.29, 1.82) is 0 Å². The van der Waals surface area contributed by atoms with Gasteiger partial charge in [0.1, 0.15) is 0 Å². The molecule has 1 aliphatic heterocycles. The molecule has 0 saturated carbocycles. The zero-order valence-corrected chi connectivity index (χ0v) is 10.6. The van der Waals surface area contributed by atoms with Crippen molar-refractivity contribution in [3.8, 4) is 0 Å². The number of amides is 1. The number of carbonyl (C=O) groups excluding carboxylic acids is 1. The van der Waals surface area contributed by atoms with Gasteiger partial charge in [0.15, 0.2) is 0 Å². The van der Waals surface area contributed by atoms with Gasteiger partial charge in [-0.05, 0) is 35.7 Å². The first-order chi connectivity index (χ1) is 9.25. The molecule has 0 spiro atoms. The van der Waals surface area contributed by atoms with Gasteiger partial charge in [-0.1, -0.05) is 24.3 Å².